The molecule has 0 saturated carbocycles. The smallest absolute Gasteiger partial charge is 0.243 e. The van der Waals surface area contributed by atoms with Crippen LogP contribution >= 0.6 is 12.2 Å². The van der Waals surface area contributed by atoms with Gasteiger partial charge in [0.15, 0.2) is 5.11 Å². The van der Waals surface area contributed by atoms with Gasteiger partial charge in [0.05, 0.1) is 62.6 Å². The van der Waals surface area contributed by atoms with Gasteiger partial charge in [-0.15, -0.1) is 0 Å². The van der Waals surface area contributed by atoms with Crippen LogP contribution in [-0.4, -0.2) is 90.4 Å². The molecule has 4 rings (SSSR count). The normalized spacial score (nSPS) is 17.1. The molecule has 0 aromatic heterocycles. The van der Waals surface area contributed by atoms with E-state index in [-0.39, 0.29) is 10.0 Å². The van der Waals surface area contributed by atoms with Gasteiger partial charge < -0.3 is 29.2 Å². The third-order valence-electron chi connectivity index (χ3n) is 6.30. The van der Waals surface area contributed by atoms with E-state index in [0.29, 0.717) is 75.5 Å². The Balaban J connectivity index is 1.57. The maximum absolute atomic E-state index is 13.3. The minimum absolute atomic E-state index is 0.185. The van der Waals surface area contributed by atoms with Gasteiger partial charge in [0.1, 0.15) is 11.5 Å². The Bertz CT molecular complexity index is 1280. The van der Waals surface area contributed by atoms with Crippen molar-refractivity contribution in [2.75, 3.05) is 77.0 Å². The predicted molar refractivity (Wildman–Crippen MR) is 150 cm³/mol. The Morgan fingerprint density at radius 3 is 2.32 bits per heavy atom. The second kappa shape index (κ2) is 12.7. The second-order valence-corrected chi connectivity index (χ2v) is 11.0. The van der Waals surface area contributed by atoms with Crippen LogP contribution in [0.25, 0.3) is 0 Å². The lowest BCUT2D eigenvalue weighted by molar-refractivity contribution is 0.0730. The fourth-order valence-corrected chi connectivity index (χ4v) is 5.82. The molecule has 0 unspecified atom stereocenters. The van der Waals surface area contributed by atoms with Crippen LogP contribution in [0.4, 0.5) is 11.4 Å². The van der Waals surface area contributed by atoms with Gasteiger partial charge in [-0.05, 0) is 49.5 Å². The molecule has 0 radical (unpaired) electrons. The molecule has 38 heavy (non-hydrogen) atoms. The lowest BCUT2D eigenvalue weighted by atomic mass is 10.1. The average Bonchev–Trinajstić information content (AvgIpc) is 2.96. The highest BCUT2D eigenvalue weighted by Gasteiger charge is 2.28. The van der Waals surface area contributed by atoms with E-state index in [4.69, 9.17) is 31.2 Å². The molecule has 2 aliphatic rings. The summed E-state index contributed by atoms with van der Waals surface area (Å²) in [4.78, 5) is 2.32. The van der Waals surface area contributed by atoms with E-state index in [9.17, 15) is 8.42 Å². The highest BCUT2D eigenvalue weighted by atomic mass is 32.2. The summed E-state index contributed by atoms with van der Waals surface area (Å²) < 4.78 is 49.6. The standard InChI is InChI=1S/C25H33N5O6S2/c1-18(21-6-4-19(33-2)16-24(21)34-3)27-28-25(37)26-22-17-20(38(31,32)30-10-14-36-15-11-30)5-7-23(22)29-8-12-35-13-9-29/h4-7,16-17H,8-15H2,1-3H3,(H2,26,28,37). The van der Waals surface area contributed by atoms with Gasteiger partial charge in [-0.2, -0.15) is 9.41 Å². The van der Waals surface area contributed by atoms with Crippen LogP contribution < -0.4 is 25.1 Å². The molecule has 2 aromatic rings. The van der Waals surface area contributed by atoms with Crippen LogP contribution in [0.15, 0.2) is 46.4 Å². The Morgan fingerprint density at radius 2 is 1.66 bits per heavy atom. The summed E-state index contributed by atoms with van der Waals surface area (Å²) in [6, 6.07) is 10.5. The molecule has 2 N–H and O–H groups in total. The molecule has 2 saturated heterocycles. The minimum Gasteiger partial charge on any atom is -0.497 e. The summed E-state index contributed by atoms with van der Waals surface area (Å²) in [5.41, 5.74) is 5.67. The van der Waals surface area contributed by atoms with E-state index in [1.807, 2.05) is 19.1 Å². The molecular formula is C25H33N5O6S2. The summed E-state index contributed by atoms with van der Waals surface area (Å²) in [5.74, 6) is 1.29. The average molecular weight is 564 g/mol. The topological polar surface area (TPSA) is 114 Å². The zero-order valence-electron chi connectivity index (χ0n) is 21.7. The monoisotopic (exact) mass is 563 g/mol. The first-order valence-corrected chi connectivity index (χ1v) is 14.1. The van der Waals surface area contributed by atoms with E-state index in [0.717, 1.165) is 11.3 Å². The van der Waals surface area contributed by atoms with Gasteiger partial charge >= 0.3 is 0 Å². The number of benzene rings is 2. The van der Waals surface area contributed by atoms with Crippen molar-refractivity contribution in [2.45, 2.75) is 11.8 Å². The number of hydrazone groups is 1. The van der Waals surface area contributed by atoms with Gasteiger partial charge in [-0.25, -0.2) is 8.42 Å². The van der Waals surface area contributed by atoms with Crippen molar-refractivity contribution >= 4 is 44.4 Å². The molecule has 0 atom stereocenters. The fourth-order valence-electron chi connectivity index (χ4n) is 4.23. The number of hydrogen-bond acceptors (Lipinski definition) is 9. The van der Waals surface area contributed by atoms with Gasteiger partial charge in [0.25, 0.3) is 0 Å². The Morgan fingerprint density at radius 1 is 0.974 bits per heavy atom. The lowest BCUT2D eigenvalue weighted by Crippen LogP contribution is -2.40. The van der Waals surface area contributed by atoms with Crippen LogP contribution in [0.1, 0.15) is 12.5 Å². The van der Waals surface area contributed by atoms with E-state index < -0.39 is 10.0 Å². The summed E-state index contributed by atoms with van der Waals surface area (Å²) in [5, 5.41) is 7.77. The number of sulfonamides is 1. The first-order chi connectivity index (χ1) is 18.3. The molecule has 0 bridgehead atoms. The van der Waals surface area contributed by atoms with Crippen molar-refractivity contribution in [3.05, 3.63) is 42.0 Å². The van der Waals surface area contributed by atoms with E-state index >= 15 is 0 Å². The Labute approximate surface area is 228 Å². The van der Waals surface area contributed by atoms with Crippen molar-refractivity contribution in [3.63, 3.8) is 0 Å². The molecule has 0 aliphatic carbocycles. The third-order valence-corrected chi connectivity index (χ3v) is 8.39. The number of anilines is 2. The van der Waals surface area contributed by atoms with Crippen LogP contribution in [0.2, 0.25) is 0 Å². The Kier molecular flexibility index (Phi) is 9.39. The van der Waals surface area contributed by atoms with Crippen molar-refractivity contribution < 1.29 is 27.4 Å². The van der Waals surface area contributed by atoms with E-state index in [2.05, 4.69) is 20.7 Å². The van der Waals surface area contributed by atoms with Crippen LogP contribution in [0, 0.1) is 0 Å². The summed E-state index contributed by atoms with van der Waals surface area (Å²) in [6.07, 6.45) is 0. The Hall–Kier alpha value is -2.97. The molecule has 2 aromatic carbocycles. The minimum atomic E-state index is -3.69. The summed E-state index contributed by atoms with van der Waals surface area (Å²) in [7, 11) is -0.518. The predicted octanol–water partition coefficient (Wildman–Crippen LogP) is 2.27. The number of methoxy groups -OCH3 is 2. The quantitative estimate of drug-likeness (QED) is 0.282. The number of thiocarbonyl (C=S) groups is 1. The fraction of sp³-hybridized carbons (Fsp3) is 0.440. The molecule has 206 valence electrons. The van der Waals surface area contributed by atoms with Gasteiger partial charge in [0, 0.05) is 37.8 Å². The molecule has 13 heteroatoms. The number of rotatable bonds is 8. The number of nitrogens with zero attached hydrogens (tertiary/aromatic N) is 3. The van der Waals surface area contributed by atoms with Gasteiger partial charge in [-0.3, -0.25) is 5.43 Å². The summed E-state index contributed by atoms with van der Waals surface area (Å²) >= 11 is 5.53. The molecule has 11 nitrogen and oxygen atoms in total. The van der Waals surface area contributed by atoms with Gasteiger partial charge in [-0.1, -0.05) is 0 Å². The van der Waals surface area contributed by atoms with Crippen molar-refractivity contribution in [1.29, 1.82) is 0 Å². The van der Waals surface area contributed by atoms with Gasteiger partial charge in [0.2, 0.25) is 10.0 Å². The first kappa shape index (κ1) is 28.0. The SMILES string of the molecule is COc1ccc(C(C)=NNC(=S)Nc2cc(S(=O)(=O)N3CCOCC3)ccc2N2CCOCC2)c(OC)c1. The molecule has 2 heterocycles. The van der Waals surface area contributed by atoms with Crippen LogP contribution in [0.5, 0.6) is 11.5 Å². The zero-order valence-corrected chi connectivity index (χ0v) is 23.4. The highest BCUT2D eigenvalue weighted by Crippen LogP contribution is 2.31. The van der Waals surface area contributed by atoms with Crippen molar-refractivity contribution in [1.82, 2.24) is 9.73 Å². The highest BCUT2D eigenvalue weighted by molar-refractivity contribution is 7.89. The maximum Gasteiger partial charge on any atom is 0.243 e. The number of morpholine rings is 2. The maximum atomic E-state index is 13.3. The molecule has 2 fully saturated rings. The van der Waals surface area contributed by atoms with Crippen molar-refractivity contribution in [2.24, 2.45) is 5.10 Å². The number of ether oxygens (including phenoxy) is 4. The molecule has 0 amide bonds. The second-order valence-electron chi connectivity index (χ2n) is 8.62. The third kappa shape index (κ3) is 6.53. The molecular weight excluding hydrogens is 530 g/mol. The van der Waals surface area contributed by atoms with Crippen LogP contribution in [-0.2, 0) is 19.5 Å². The molecule has 0 spiro atoms. The van der Waals surface area contributed by atoms with Crippen LogP contribution in [0.3, 0.4) is 0 Å². The molecule has 2 aliphatic heterocycles. The van der Waals surface area contributed by atoms with Crippen molar-refractivity contribution in [3.8, 4) is 11.5 Å². The van der Waals surface area contributed by atoms with E-state index in [1.54, 1.807) is 38.5 Å². The first-order valence-electron chi connectivity index (χ1n) is 12.2. The lowest BCUT2D eigenvalue weighted by Gasteiger charge is -2.31. The summed E-state index contributed by atoms with van der Waals surface area (Å²) in [6.45, 7) is 5.75. The largest absolute Gasteiger partial charge is 0.497 e. The number of hydrogen-bond donors (Lipinski definition) is 2. The van der Waals surface area contributed by atoms with E-state index in [1.165, 1.54) is 4.31 Å². The zero-order chi connectivity index (χ0) is 27.1. The number of nitrogens with one attached hydrogen (secondary N) is 2.